The number of benzene rings is 1. The molecule has 5 rings (SSSR count). The van der Waals surface area contributed by atoms with Crippen molar-refractivity contribution in [3.63, 3.8) is 0 Å². The molecule has 0 bridgehead atoms. The van der Waals surface area contributed by atoms with Crippen LogP contribution >= 0.6 is 23.4 Å². The quantitative estimate of drug-likeness (QED) is 0.160. The summed E-state index contributed by atoms with van der Waals surface area (Å²) in [6, 6.07) is 10.1. The summed E-state index contributed by atoms with van der Waals surface area (Å²) in [5.74, 6) is 0.658. The molecule has 0 spiro atoms. The first-order chi connectivity index (χ1) is 18.0. The van der Waals surface area contributed by atoms with E-state index in [1.165, 1.54) is 0 Å². The summed E-state index contributed by atoms with van der Waals surface area (Å²) < 4.78 is 8.83. The number of aromatic nitrogens is 4. The van der Waals surface area contributed by atoms with Crippen molar-refractivity contribution < 1.29 is 9.53 Å². The van der Waals surface area contributed by atoms with Crippen LogP contribution in [0.2, 0.25) is 5.02 Å². The maximum absolute atomic E-state index is 10.0. The average molecular weight is 538 g/mol. The Morgan fingerprint density at radius 2 is 1.97 bits per heavy atom. The molecule has 192 valence electrons. The molecule has 4 heterocycles. The number of carbonyl (C=O) groups is 1. The van der Waals surface area contributed by atoms with Crippen molar-refractivity contribution in [2.45, 2.75) is 17.7 Å². The predicted molar refractivity (Wildman–Crippen MR) is 148 cm³/mol. The van der Waals surface area contributed by atoms with E-state index in [9.17, 15) is 4.79 Å². The number of halogens is 1. The van der Waals surface area contributed by atoms with E-state index in [-0.39, 0.29) is 0 Å². The summed E-state index contributed by atoms with van der Waals surface area (Å²) in [5.41, 5.74) is 4.70. The molecule has 0 unspecified atom stereocenters. The molecule has 0 aliphatic carbocycles. The van der Waals surface area contributed by atoms with E-state index in [1.807, 2.05) is 55.3 Å². The number of aryl methyl sites for hydroxylation is 2. The number of amides is 1. The van der Waals surface area contributed by atoms with Gasteiger partial charge in [0.05, 0.1) is 35.8 Å². The zero-order chi connectivity index (χ0) is 26.2. The standard InChI is InChI=1S/C21H19ClN6S.C5H9NO2/c1-14-9-24-19-6-5-17(8-18(19)21(14)22)29-13-28-12-15(4-7-20(28)26-23-2)16-10-25-27(3)11-16;7-5-6-1-3-8-4-2-6/h4-12H,2,13H2,1,3H3;5H,1-4H2/b26-20-;. The molecule has 9 nitrogen and oxygen atoms in total. The first-order valence-electron chi connectivity index (χ1n) is 11.6. The Morgan fingerprint density at radius 3 is 2.65 bits per heavy atom. The van der Waals surface area contributed by atoms with E-state index < -0.39 is 0 Å². The first kappa shape index (κ1) is 26.6. The molecule has 4 aromatic rings. The third kappa shape index (κ3) is 6.85. The van der Waals surface area contributed by atoms with E-state index in [2.05, 4.69) is 39.1 Å². The SMILES string of the molecule is C=N/N=c1/ccc(-c2cnn(C)c2)cn1CSc1ccc2ncc(C)c(Cl)c2c1.O=CN1CCOCC1. The van der Waals surface area contributed by atoms with Crippen LogP contribution in [0.5, 0.6) is 0 Å². The fraction of sp³-hybridized carbons (Fsp3) is 0.269. The molecule has 11 heteroatoms. The van der Waals surface area contributed by atoms with Gasteiger partial charge in [-0.3, -0.25) is 14.5 Å². The van der Waals surface area contributed by atoms with Crippen molar-refractivity contribution in [3.8, 4) is 11.1 Å². The van der Waals surface area contributed by atoms with Gasteiger partial charge < -0.3 is 14.2 Å². The van der Waals surface area contributed by atoms with Crippen molar-refractivity contribution in [2.75, 3.05) is 26.3 Å². The third-order valence-electron chi connectivity index (χ3n) is 5.73. The van der Waals surface area contributed by atoms with Gasteiger partial charge in [0.2, 0.25) is 6.41 Å². The van der Waals surface area contributed by atoms with Gasteiger partial charge in [0.1, 0.15) is 0 Å². The molecule has 1 saturated heterocycles. The van der Waals surface area contributed by atoms with Crippen LogP contribution in [0.25, 0.3) is 22.0 Å². The molecule has 1 aliphatic rings. The molecule has 0 radical (unpaired) electrons. The van der Waals surface area contributed by atoms with Crippen molar-refractivity contribution in [2.24, 2.45) is 17.3 Å². The summed E-state index contributed by atoms with van der Waals surface area (Å²) in [6.45, 7) is 8.34. The van der Waals surface area contributed by atoms with E-state index in [1.54, 1.807) is 27.5 Å². The Balaban J connectivity index is 0.000000342. The molecule has 1 aromatic carbocycles. The lowest BCUT2D eigenvalue weighted by Crippen LogP contribution is -2.34. The van der Waals surface area contributed by atoms with Gasteiger partial charge >= 0.3 is 0 Å². The molecule has 1 amide bonds. The number of rotatable bonds is 6. The average Bonchev–Trinajstić information content (AvgIpc) is 3.37. The van der Waals surface area contributed by atoms with Gasteiger partial charge in [-0.15, -0.1) is 16.9 Å². The lowest BCUT2D eigenvalue weighted by Gasteiger charge is -2.21. The van der Waals surface area contributed by atoms with Gasteiger partial charge in [0, 0.05) is 66.9 Å². The van der Waals surface area contributed by atoms with Crippen LogP contribution in [-0.2, 0) is 22.5 Å². The predicted octanol–water partition coefficient (Wildman–Crippen LogP) is 4.14. The van der Waals surface area contributed by atoms with Crippen LogP contribution in [0.1, 0.15) is 5.56 Å². The molecule has 0 saturated carbocycles. The summed E-state index contributed by atoms with van der Waals surface area (Å²) in [5, 5.41) is 13.8. The number of nitrogens with zero attached hydrogens (tertiary/aromatic N) is 7. The second kappa shape index (κ2) is 12.7. The molecule has 1 aliphatic heterocycles. The summed E-state index contributed by atoms with van der Waals surface area (Å²) >= 11 is 8.16. The number of thioether (sulfide) groups is 1. The topological polar surface area (TPSA) is 89.9 Å². The van der Waals surface area contributed by atoms with Crippen molar-refractivity contribution in [1.82, 2.24) is 24.2 Å². The molecule has 0 atom stereocenters. The summed E-state index contributed by atoms with van der Waals surface area (Å²) in [7, 11) is 1.90. The second-order valence-electron chi connectivity index (χ2n) is 8.35. The second-order valence-corrected chi connectivity index (χ2v) is 9.75. The number of ether oxygens (including phenoxy) is 1. The summed E-state index contributed by atoms with van der Waals surface area (Å²) in [4.78, 5) is 17.3. The maximum atomic E-state index is 10.0. The fourth-order valence-electron chi connectivity index (χ4n) is 3.70. The number of hydrogen-bond acceptors (Lipinski definition) is 7. The van der Waals surface area contributed by atoms with Gasteiger partial charge in [-0.1, -0.05) is 11.6 Å². The van der Waals surface area contributed by atoms with Gasteiger partial charge in [-0.2, -0.15) is 10.2 Å². The molecule has 3 aromatic heterocycles. The van der Waals surface area contributed by atoms with Crippen LogP contribution in [0.4, 0.5) is 0 Å². The van der Waals surface area contributed by atoms with E-state index in [4.69, 9.17) is 16.3 Å². The lowest BCUT2D eigenvalue weighted by molar-refractivity contribution is -0.121. The van der Waals surface area contributed by atoms with Crippen LogP contribution in [0, 0.1) is 6.92 Å². The zero-order valence-electron chi connectivity index (χ0n) is 20.7. The number of pyridine rings is 2. The van der Waals surface area contributed by atoms with E-state index in [0.717, 1.165) is 62.5 Å². The molecule has 37 heavy (non-hydrogen) atoms. The van der Waals surface area contributed by atoms with Crippen LogP contribution in [-0.4, -0.2) is 63.7 Å². The monoisotopic (exact) mass is 537 g/mol. The molecule has 0 N–H and O–H groups in total. The largest absolute Gasteiger partial charge is 0.378 e. The highest BCUT2D eigenvalue weighted by Gasteiger charge is 2.08. The normalized spacial score (nSPS) is 13.8. The third-order valence-corrected chi connectivity index (χ3v) is 7.22. The Kier molecular flexibility index (Phi) is 9.10. The smallest absolute Gasteiger partial charge is 0.209 e. The zero-order valence-corrected chi connectivity index (χ0v) is 22.3. The molecular formula is C26H28ClN7O2S. The van der Waals surface area contributed by atoms with Crippen molar-refractivity contribution >= 4 is 47.4 Å². The van der Waals surface area contributed by atoms with Gasteiger partial charge in [-0.05, 0) is 42.8 Å². The fourth-order valence-corrected chi connectivity index (χ4v) is 4.76. The van der Waals surface area contributed by atoms with Gasteiger partial charge in [0.25, 0.3) is 0 Å². The maximum Gasteiger partial charge on any atom is 0.209 e. The van der Waals surface area contributed by atoms with Crippen LogP contribution in [0.3, 0.4) is 0 Å². The Labute approximate surface area is 224 Å². The minimum absolute atomic E-state index is 0.658. The summed E-state index contributed by atoms with van der Waals surface area (Å²) in [6.07, 6.45) is 8.54. The first-order valence-corrected chi connectivity index (χ1v) is 13.0. The van der Waals surface area contributed by atoms with Gasteiger partial charge in [0.15, 0.2) is 5.49 Å². The minimum atomic E-state index is 0.658. The number of hydrogen-bond donors (Lipinski definition) is 0. The highest BCUT2D eigenvalue weighted by molar-refractivity contribution is 7.98. The van der Waals surface area contributed by atoms with E-state index >= 15 is 0 Å². The lowest BCUT2D eigenvalue weighted by atomic mass is 10.2. The number of morpholine rings is 1. The Bertz CT molecular complexity index is 1460. The highest BCUT2D eigenvalue weighted by Crippen LogP contribution is 2.30. The van der Waals surface area contributed by atoms with Crippen LogP contribution < -0.4 is 5.49 Å². The molecular weight excluding hydrogens is 510 g/mol. The Morgan fingerprint density at radius 1 is 1.16 bits per heavy atom. The van der Waals surface area contributed by atoms with Crippen molar-refractivity contribution in [1.29, 1.82) is 0 Å². The van der Waals surface area contributed by atoms with E-state index in [0.29, 0.717) is 19.1 Å². The van der Waals surface area contributed by atoms with Crippen molar-refractivity contribution in [3.05, 3.63) is 71.2 Å². The van der Waals surface area contributed by atoms with Gasteiger partial charge in [-0.25, -0.2) is 0 Å². The molecule has 1 fully saturated rings. The van der Waals surface area contributed by atoms with Crippen LogP contribution in [0.15, 0.2) is 70.2 Å². The number of fused-ring (bicyclic) bond motifs is 1. The Hall–Kier alpha value is -3.47. The number of carbonyl (C=O) groups excluding carboxylic acids is 1. The highest BCUT2D eigenvalue weighted by atomic mass is 35.5. The minimum Gasteiger partial charge on any atom is -0.378 e.